The minimum absolute atomic E-state index is 0.0373. The van der Waals surface area contributed by atoms with Crippen LogP contribution in [0.4, 0.5) is 29.3 Å². The van der Waals surface area contributed by atoms with E-state index in [4.69, 9.17) is 4.74 Å². The smallest absolute Gasteiger partial charge is 0.416 e. The van der Waals surface area contributed by atoms with Crippen LogP contribution in [0.1, 0.15) is 23.6 Å². The lowest BCUT2D eigenvalue weighted by Crippen LogP contribution is -2.33. The summed E-state index contributed by atoms with van der Waals surface area (Å²) in [5.41, 5.74) is 0.637. The van der Waals surface area contributed by atoms with Gasteiger partial charge in [0.25, 0.3) is 0 Å². The van der Waals surface area contributed by atoms with Crippen LogP contribution in [0.15, 0.2) is 36.4 Å². The molecule has 0 aliphatic carbocycles. The van der Waals surface area contributed by atoms with E-state index in [0.717, 1.165) is 6.07 Å². The van der Waals surface area contributed by atoms with Gasteiger partial charge in [-0.05, 0) is 42.7 Å². The first-order valence-corrected chi connectivity index (χ1v) is 9.19. The van der Waals surface area contributed by atoms with Gasteiger partial charge in [0.15, 0.2) is 6.29 Å². The summed E-state index contributed by atoms with van der Waals surface area (Å²) < 4.78 is 45.2. The Morgan fingerprint density at radius 2 is 2.11 bits per heavy atom. The molecule has 1 atom stereocenters. The van der Waals surface area contributed by atoms with Gasteiger partial charge >= 0.3 is 12.2 Å². The number of hydrogen-bond donors (Lipinski definition) is 3. The third-order valence-electron chi connectivity index (χ3n) is 4.31. The molecule has 150 valence electrons. The van der Waals surface area contributed by atoms with Crippen LogP contribution in [0.3, 0.4) is 0 Å². The minimum atomic E-state index is -4.52. The van der Waals surface area contributed by atoms with Crippen molar-refractivity contribution in [3.8, 4) is 5.75 Å². The molecule has 0 bridgehead atoms. The van der Waals surface area contributed by atoms with E-state index < -0.39 is 24.1 Å². The number of halogens is 3. The molecular formula is C19H19F3N2O3S. The normalized spacial score (nSPS) is 14.6. The van der Waals surface area contributed by atoms with Crippen molar-refractivity contribution in [3.05, 3.63) is 53.1 Å². The Morgan fingerprint density at radius 3 is 2.75 bits per heavy atom. The summed E-state index contributed by atoms with van der Waals surface area (Å²) in [6, 6.07) is 8.32. The van der Waals surface area contributed by atoms with Crippen molar-refractivity contribution in [3.63, 3.8) is 0 Å². The quantitative estimate of drug-likeness (QED) is 0.514. The Hall–Kier alpha value is -2.39. The standard InChI is InChI=1S/C19H19F3N2O3S/c1-11(25)27-15-4-2-3-14(8-15)23-18(26)24-6-5-12-7-13(10-28)16(9-17(12)24)19(20,21)22/h2-4,7-9,11,25,28H,5-6,10H2,1H3,(H,23,26). The van der Waals surface area contributed by atoms with Gasteiger partial charge in [-0.2, -0.15) is 25.8 Å². The highest BCUT2D eigenvalue weighted by Crippen LogP contribution is 2.39. The summed E-state index contributed by atoms with van der Waals surface area (Å²) in [5.74, 6) is 0.317. The molecule has 0 saturated heterocycles. The second kappa shape index (κ2) is 7.92. The number of hydrogen-bond acceptors (Lipinski definition) is 4. The molecule has 2 aromatic carbocycles. The number of fused-ring (bicyclic) bond motifs is 1. The highest BCUT2D eigenvalue weighted by molar-refractivity contribution is 7.79. The second-order valence-corrected chi connectivity index (χ2v) is 6.69. The third-order valence-corrected chi connectivity index (χ3v) is 4.65. The zero-order valence-corrected chi connectivity index (χ0v) is 15.8. The van der Waals surface area contributed by atoms with E-state index in [2.05, 4.69) is 17.9 Å². The molecule has 1 aliphatic heterocycles. The van der Waals surface area contributed by atoms with Crippen LogP contribution in [0, 0.1) is 0 Å². The average Bonchev–Trinajstić information content (AvgIpc) is 3.02. The zero-order chi connectivity index (χ0) is 20.5. The highest BCUT2D eigenvalue weighted by Gasteiger charge is 2.36. The topological polar surface area (TPSA) is 61.8 Å². The average molecular weight is 412 g/mol. The van der Waals surface area contributed by atoms with E-state index in [9.17, 15) is 23.1 Å². The summed E-state index contributed by atoms with van der Waals surface area (Å²) in [5, 5.41) is 11.9. The maximum atomic E-state index is 13.3. The summed E-state index contributed by atoms with van der Waals surface area (Å²) in [4.78, 5) is 13.9. The van der Waals surface area contributed by atoms with Gasteiger partial charge in [-0.1, -0.05) is 12.1 Å². The maximum absolute atomic E-state index is 13.3. The van der Waals surface area contributed by atoms with E-state index in [1.165, 1.54) is 24.0 Å². The fraction of sp³-hybridized carbons (Fsp3) is 0.316. The van der Waals surface area contributed by atoms with E-state index in [1.54, 1.807) is 18.2 Å². The molecule has 28 heavy (non-hydrogen) atoms. The Morgan fingerprint density at radius 1 is 1.36 bits per heavy atom. The molecule has 2 aromatic rings. The molecule has 0 spiro atoms. The van der Waals surface area contributed by atoms with Crippen LogP contribution in [0.5, 0.6) is 5.75 Å². The van der Waals surface area contributed by atoms with Crippen LogP contribution < -0.4 is 15.0 Å². The number of nitrogens with zero attached hydrogens (tertiary/aromatic N) is 1. The van der Waals surface area contributed by atoms with Crippen molar-refractivity contribution in [2.75, 3.05) is 16.8 Å². The number of aliphatic hydroxyl groups excluding tert-OH is 1. The van der Waals surface area contributed by atoms with Crippen LogP contribution in [0.2, 0.25) is 0 Å². The lowest BCUT2D eigenvalue weighted by molar-refractivity contribution is -0.138. The third kappa shape index (κ3) is 4.36. The number of thiol groups is 1. The summed E-state index contributed by atoms with van der Waals surface area (Å²) in [6.45, 7) is 1.72. The number of benzene rings is 2. The minimum Gasteiger partial charge on any atom is -0.465 e. The molecule has 0 radical (unpaired) electrons. The molecule has 3 rings (SSSR count). The predicted molar refractivity (Wildman–Crippen MR) is 103 cm³/mol. The van der Waals surface area contributed by atoms with E-state index in [-0.39, 0.29) is 23.5 Å². The number of nitrogens with one attached hydrogen (secondary N) is 1. The SMILES string of the molecule is CC(O)Oc1cccc(NC(=O)N2CCc3cc(CS)c(C(F)(F)F)cc32)c1. The van der Waals surface area contributed by atoms with Crippen LogP contribution in [-0.4, -0.2) is 24.0 Å². The molecule has 5 nitrogen and oxygen atoms in total. The largest absolute Gasteiger partial charge is 0.465 e. The molecule has 0 aromatic heterocycles. The van der Waals surface area contributed by atoms with Gasteiger partial charge in [0, 0.05) is 29.7 Å². The highest BCUT2D eigenvalue weighted by atomic mass is 32.1. The number of anilines is 2. The molecule has 0 saturated carbocycles. The first kappa shape index (κ1) is 20.3. The summed E-state index contributed by atoms with van der Waals surface area (Å²) in [6.07, 6.45) is -5.07. The molecule has 1 aliphatic rings. The van der Waals surface area contributed by atoms with Gasteiger partial charge in [0.05, 0.1) is 5.56 Å². The monoisotopic (exact) mass is 412 g/mol. The molecule has 1 heterocycles. The number of aliphatic hydroxyl groups is 1. The van der Waals surface area contributed by atoms with Gasteiger partial charge in [0.1, 0.15) is 5.75 Å². The van der Waals surface area contributed by atoms with Gasteiger partial charge in [-0.25, -0.2) is 4.79 Å². The number of rotatable bonds is 4. The van der Waals surface area contributed by atoms with Crippen LogP contribution in [-0.2, 0) is 18.3 Å². The number of carbonyl (C=O) groups is 1. The molecule has 9 heteroatoms. The fourth-order valence-corrected chi connectivity index (χ4v) is 3.39. The molecular weight excluding hydrogens is 393 g/mol. The lowest BCUT2D eigenvalue weighted by Gasteiger charge is -2.21. The summed E-state index contributed by atoms with van der Waals surface area (Å²) >= 11 is 3.99. The van der Waals surface area contributed by atoms with Gasteiger partial charge in [0.2, 0.25) is 0 Å². The van der Waals surface area contributed by atoms with Crippen molar-refractivity contribution in [1.29, 1.82) is 0 Å². The van der Waals surface area contributed by atoms with E-state index in [1.807, 2.05) is 0 Å². The Kier molecular flexibility index (Phi) is 5.76. The summed E-state index contributed by atoms with van der Waals surface area (Å²) in [7, 11) is 0. The van der Waals surface area contributed by atoms with Gasteiger partial charge in [-0.15, -0.1) is 0 Å². The molecule has 2 amide bonds. The Labute approximate surface area is 165 Å². The van der Waals surface area contributed by atoms with Crippen molar-refractivity contribution >= 4 is 30.0 Å². The van der Waals surface area contributed by atoms with E-state index in [0.29, 0.717) is 23.4 Å². The maximum Gasteiger partial charge on any atom is 0.416 e. The predicted octanol–water partition coefficient (Wildman–Crippen LogP) is 4.45. The van der Waals surface area contributed by atoms with Crippen molar-refractivity contribution < 1.29 is 27.8 Å². The number of carbonyl (C=O) groups excluding carboxylic acids is 1. The number of ether oxygens (including phenoxy) is 1. The molecule has 0 fully saturated rings. The van der Waals surface area contributed by atoms with Crippen molar-refractivity contribution in [2.24, 2.45) is 0 Å². The van der Waals surface area contributed by atoms with Crippen LogP contribution >= 0.6 is 12.6 Å². The number of alkyl halides is 3. The number of amides is 2. The van der Waals surface area contributed by atoms with Gasteiger partial charge in [-0.3, -0.25) is 4.90 Å². The van der Waals surface area contributed by atoms with Crippen LogP contribution in [0.25, 0.3) is 0 Å². The Balaban J connectivity index is 1.84. The lowest BCUT2D eigenvalue weighted by atomic mass is 10.0. The molecule has 2 N–H and O–H groups in total. The van der Waals surface area contributed by atoms with E-state index >= 15 is 0 Å². The zero-order valence-electron chi connectivity index (χ0n) is 15.0. The Bertz CT molecular complexity index is 887. The van der Waals surface area contributed by atoms with Crippen molar-refractivity contribution in [2.45, 2.75) is 31.6 Å². The first-order chi connectivity index (χ1) is 13.2. The fourth-order valence-electron chi connectivity index (χ4n) is 3.13. The molecule has 1 unspecified atom stereocenters. The van der Waals surface area contributed by atoms with Crippen molar-refractivity contribution in [1.82, 2.24) is 0 Å². The van der Waals surface area contributed by atoms with Gasteiger partial charge < -0.3 is 15.2 Å². The number of urea groups is 1. The second-order valence-electron chi connectivity index (χ2n) is 6.37. The first-order valence-electron chi connectivity index (χ1n) is 8.56.